The number of hydrogen-bond donors (Lipinski definition) is 2. The number of piperazine rings is 1. The fourth-order valence-corrected chi connectivity index (χ4v) is 5.37. The Morgan fingerprint density at radius 2 is 1.64 bits per heavy atom. The first-order valence-corrected chi connectivity index (χ1v) is 13.3. The molecule has 2 aromatic carbocycles. The normalized spacial score (nSPS) is 14.8. The predicted molar refractivity (Wildman–Crippen MR) is 144 cm³/mol. The SMILES string of the molecule is C=C(C)Cn1c(CCN2CCN(C(c3ccccc3)c3ccccc3)CC2)nnc1SCC(=O)NN. The van der Waals surface area contributed by atoms with Gasteiger partial charge in [-0.25, -0.2) is 5.84 Å². The van der Waals surface area contributed by atoms with Gasteiger partial charge in [-0.1, -0.05) is 84.6 Å². The summed E-state index contributed by atoms with van der Waals surface area (Å²) in [6.07, 6.45) is 0.796. The lowest BCUT2D eigenvalue weighted by Crippen LogP contribution is -2.48. The van der Waals surface area contributed by atoms with Crippen molar-refractivity contribution in [3.63, 3.8) is 0 Å². The highest BCUT2D eigenvalue weighted by atomic mass is 32.2. The molecule has 8 nitrogen and oxygen atoms in total. The molecule has 3 aromatic rings. The quantitative estimate of drug-likeness (QED) is 0.136. The lowest BCUT2D eigenvalue weighted by atomic mass is 9.96. The van der Waals surface area contributed by atoms with Gasteiger partial charge in [0, 0.05) is 45.7 Å². The molecule has 4 rings (SSSR count). The fourth-order valence-electron chi connectivity index (χ4n) is 4.60. The molecule has 0 atom stereocenters. The molecule has 0 saturated carbocycles. The topological polar surface area (TPSA) is 92.3 Å². The highest BCUT2D eigenvalue weighted by Gasteiger charge is 2.26. The second-order valence-corrected chi connectivity index (χ2v) is 10.1. The maximum atomic E-state index is 11.6. The van der Waals surface area contributed by atoms with Crippen LogP contribution in [0.3, 0.4) is 0 Å². The molecule has 0 radical (unpaired) electrons. The Balaban J connectivity index is 1.38. The van der Waals surface area contributed by atoms with E-state index in [9.17, 15) is 4.79 Å². The van der Waals surface area contributed by atoms with E-state index in [0.29, 0.717) is 6.54 Å². The minimum atomic E-state index is -0.242. The monoisotopic (exact) mass is 505 g/mol. The molecule has 9 heteroatoms. The smallest absolute Gasteiger partial charge is 0.244 e. The molecule has 1 aliphatic heterocycles. The molecule has 1 amide bonds. The zero-order chi connectivity index (χ0) is 25.3. The number of hydrazine groups is 1. The molecular formula is C27H35N7OS. The summed E-state index contributed by atoms with van der Waals surface area (Å²) in [6.45, 7) is 11.6. The van der Waals surface area contributed by atoms with Gasteiger partial charge in [-0.05, 0) is 18.1 Å². The molecule has 1 fully saturated rings. The molecule has 0 aliphatic carbocycles. The van der Waals surface area contributed by atoms with Gasteiger partial charge < -0.3 is 9.47 Å². The minimum absolute atomic E-state index is 0.205. The van der Waals surface area contributed by atoms with E-state index in [1.165, 1.54) is 22.9 Å². The summed E-state index contributed by atoms with van der Waals surface area (Å²) in [5.41, 5.74) is 5.84. The van der Waals surface area contributed by atoms with Crippen LogP contribution in [0, 0.1) is 0 Å². The van der Waals surface area contributed by atoms with Crippen molar-refractivity contribution in [3.8, 4) is 0 Å². The van der Waals surface area contributed by atoms with Crippen molar-refractivity contribution in [1.82, 2.24) is 30.0 Å². The summed E-state index contributed by atoms with van der Waals surface area (Å²) in [5.74, 6) is 6.09. The van der Waals surface area contributed by atoms with Crippen LogP contribution in [0.25, 0.3) is 0 Å². The van der Waals surface area contributed by atoms with E-state index in [1.807, 2.05) is 6.92 Å². The number of thioether (sulfide) groups is 1. The number of allylic oxidation sites excluding steroid dienone is 1. The maximum absolute atomic E-state index is 11.6. The van der Waals surface area contributed by atoms with Crippen LogP contribution >= 0.6 is 11.8 Å². The Hall–Kier alpha value is -2.98. The number of nitrogens with two attached hydrogens (primary N) is 1. The number of carbonyl (C=O) groups excluding carboxylic acids is 1. The number of amides is 1. The first-order valence-electron chi connectivity index (χ1n) is 12.3. The summed E-state index contributed by atoms with van der Waals surface area (Å²) in [5, 5.41) is 9.48. The first-order chi connectivity index (χ1) is 17.5. The molecule has 3 N–H and O–H groups in total. The summed E-state index contributed by atoms with van der Waals surface area (Å²) in [6, 6.07) is 21.8. The van der Waals surface area contributed by atoms with Crippen LogP contribution in [0.1, 0.15) is 29.9 Å². The first kappa shape index (κ1) is 26.1. The summed E-state index contributed by atoms with van der Waals surface area (Å²) >= 11 is 1.34. The number of hydrogen-bond acceptors (Lipinski definition) is 7. The van der Waals surface area contributed by atoms with Gasteiger partial charge >= 0.3 is 0 Å². The van der Waals surface area contributed by atoms with Crippen molar-refractivity contribution < 1.29 is 4.79 Å². The number of carbonyl (C=O) groups is 1. The predicted octanol–water partition coefficient (Wildman–Crippen LogP) is 2.89. The van der Waals surface area contributed by atoms with Gasteiger partial charge in [0.15, 0.2) is 5.16 Å². The summed E-state index contributed by atoms with van der Waals surface area (Å²) in [7, 11) is 0. The lowest BCUT2D eigenvalue weighted by Gasteiger charge is -2.39. The third-order valence-corrected chi connectivity index (χ3v) is 7.34. The molecule has 0 spiro atoms. The van der Waals surface area contributed by atoms with Crippen LogP contribution in [0.15, 0.2) is 78.0 Å². The summed E-state index contributed by atoms with van der Waals surface area (Å²) < 4.78 is 2.06. The highest BCUT2D eigenvalue weighted by molar-refractivity contribution is 7.99. The molecule has 1 aliphatic rings. The number of rotatable bonds is 11. The number of benzene rings is 2. The number of nitrogens with one attached hydrogen (secondary N) is 1. The standard InChI is InChI=1S/C27H35N7OS/c1-21(2)19-34-24(30-31-27(34)36-20-25(35)29-28)13-14-32-15-17-33(18-16-32)26(22-9-5-3-6-10-22)23-11-7-4-8-12-23/h3-12,26H,1,13-20,28H2,2H3,(H,29,35). The molecular weight excluding hydrogens is 470 g/mol. The van der Waals surface area contributed by atoms with E-state index in [-0.39, 0.29) is 17.7 Å². The van der Waals surface area contributed by atoms with Crippen molar-refractivity contribution in [2.24, 2.45) is 5.84 Å². The van der Waals surface area contributed by atoms with Gasteiger partial charge in [-0.2, -0.15) is 0 Å². The Morgan fingerprint density at radius 1 is 1.03 bits per heavy atom. The van der Waals surface area contributed by atoms with Gasteiger partial charge in [0.1, 0.15) is 5.82 Å². The van der Waals surface area contributed by atoms with Crippen LogP contribution in [0.2, 0.25) is 0 Å². The van der Waals surface area contributed by atoms with Crippen LogP contribution in [0.4, 0.5) is 0 Å². The van der Waals surface area contributed by atoms with Gasteiger partial charge in [-0.3, -0.25) is 15.1 Å². The van der Waals surface area contributed by atoms with Crippen molar-refractivity contribution in [2.75, 3.05) is 38.5 Å². The maximum Gasteiger partial charge on any atom is 0.244 e. The molecule has 1 saturated heterocycles. The second-order valence-electron chi connectivity index (χ2n) is 9.15. The molecule has 2 heterocycles. The van der Waals surface area contributed by atoms with E-state index >= 15 is 0 Å². The second kappa shape index (κ2) is 12.8. The third-order valence-electron chi connectivity index (χ3n) is 6.37. The van der Waals surface area contributed by atoms with Crippen molar-refractivity contribution in [2.45, 2.75) is 31.1 Å². The third kappa shape index (κ3) is 6.82. The van der Waals surface area contributed by atoms with Gasteiger partial charge in [0.25, 0.3) is 0 Å². The van der Waals surface area contributed by atoms with E-state index in [4.69, 9.17) is 5.84 Å². The van der Waals surface area contributed by atoms with E-state index in [0.717, 1.165) is 55.7 Å². The van der Waals surface area contributed by atoms with Gasteiger partial charge in [0.05, 0.1) is 11.8 Å². The Morgan fingerprint density at radius 3 is 2.19 bits per heavy atom. The van der Waals surface area contributed by atoms with Gasteiger partial charge in [-0.15, -0.1) is 10.2 Å². The van der Waals surface area contributed by atoms with Crippen molar-refractivity contribution in [1.29, 1.82) is 0 Å². The van der Waals surface area contributed by atoms with Crippen molar-refractivity contribution in [3.05, 3.63) is 89.8 Å². The van der Waals surface area contributed by atoms with Crippen LogP contribution < -0.4 is 11.3 Å². The van der Waals surface area contributed by atoms with E-state index in [2.05, 4.69) is 97.2 Å². The molecule has 0 unspecified atom stereocenters. The van der Waals surface area contributed by atoms with Crippen LogP contribution in [-0.4, -0.2) is 68.9 Å². The molecule has 190 valence electrons. The Kier molecular flexibility index (Phi) is 9.29. The van der Waals surface area contributed by atoms with Crippen LogP contribution in [-0.2, 0) is 17.8 Å². The van der Waals surface area contributed by atoms with E-state index < -0.39 is 0 Å². The average Bonchev–Trinajstić information content (AvgIpc) is 3.28. The molecule has 36 heavy (non-hydrogen) atoms. The minimum Gasteiger partial charge on any atom is -0.302 e. The van der Waals surface area contributed by atoms with Gasteiger partial charge in [0.2, 0.25) is 5.91 Å². The highest BCUT2D eigenvalue weighted by Crippen LogP contribution is 2.29. The zero-order valence-electron chi connectivity index (χ0n) is 20.8. The molecule has 0 bridgehead atoms. The van der Waals surface area contributed by atoms with Crippen molar-refractivity contribution >= 4 is 17.7 Å². The van der Waals surface area contributed by atoms with Crippen LogP contribution in [0.5, 0.6) is 0 Å². The Bertz CT molecular complexity index is 1090. The fraction of sp³-hybridized carbons (Fsp3) is 0.370. The average molecular weight is 506 g/mol. The largest absolute Gasteiger partial charge is 0.302 e. The zero-order valence-corrected chi connectivity index (χ0v) is 21.7. The Labute approximate surface area is 217 Å². The number of aromatic nitrogens is 3. The lowest BCUT2D eigenvalue weighted by molar-refractivity contribution is -0.118. The summed E-state index contributed by atoms with van der Waals surface area (Å²) in [4.78, 5) is 16.7. The number of nitrogens with zero attached hydrogens (tertiary/aromatic N) is 5. The van der Waals surface area contributed by atoms with E-state index in [1.54, 1.807) is 0 Å². The molecule has 1 aromatic heterocycles.